The third-order valence-corrected chi connectivity index (χ3v) is 8.38. The predicted octanol–water partition coefficient (Wildman–Crippen LogP) is -2.29. The lowest BCUT2D eigenvalue weighted by atomic mass is 9.82. The lowest BCUT2D eigenvalue weighted by Gasteiger charge is -2.34. The molecule has 6 atom stereocenters. The highest BCUT2D eigenvalue weighted by atomic mass is 127. The van der Waals surface area contributed by atoms with Crippen LogP contribution >= 0.6 is 67.8 Å². The number of halogens is 3. The number of carbonyl (C=O) groups is 3. The number of primary amides is 1. The first-order valence-corrected chi connectivity index (χ1v) is 15.6. The van der Waals surface area contributed by atoms with Gasteiger partial charge in [-0.15, -0.1) is 0 Å². The fourth-order valence-electron chi connectivity index (χ4n) is 4.12. The van der Waals surface area contributed by atoms with Crippen molar-refractivity contribution in [2.75, 3.05) is 24.7 Å². The molecule has 0 heterocycles. The SMILES string of the molecule is CC(=O)NCc1c(CC(O)C(O)I)c(C(N)=O)c(CC(O)C(O)I)c(N(CCO)C(=O)CO)c1CC(O)C(O)I. The van der Waals surface area contributed by atoms with Crippen molar-refractivity contribution in [1.29, 1.82) is 0 Å². The Kier molecular flexibility index (Phi) is 16.5. The zero-order valence-corrected chi connectivity index (χ0v) is 27.8. The second-order valence-electron chi connectivity index (χ2n) is 8.77. The molecule has 0 saturated heterocycles. The van der Waals surface area contributed by atoms with Crippen LogP contribution in [0.1, 0.15) is 39.5 Å². The molecule has 0 bridgehead atoms. The van der Waals surface area contributed by atoms with Gasteiger partial charge in [-0.3, -0.25) is 14.4 Å². The fourth-order valence-corrected chi connectivity index (χ4v) is 4.88. The van der Waals surface area contributed by atoms with Gasteiger partial charge in [-0.25, -0.2) is 0 Å². The number of hydrogen-bond acceptors (Lipinski definition) is 11. The molecule has 0 saturated carbocycles. The predicted molar refractivity (Wildman–Crippen MR) is 168 cm³/mol. The highest BCUT2D eigenvalue weighted by Crippen LogP contribution is 2.39. The molecule has 0 aliphatic carbocycles. The van der Waals surface area contributed by atoms with Crippen LogP contribution in [-0.4, -0.2) is 109 Å². The van der Waals surface area contributed by atoms with E-state index in [1.165, 1.54) is 29.5 Å². The summed E-state index contributed by atoms with van der Waals surface area (Å²) < 4.78 is -4.01. The van der Waals surface area contributed by atoms with E-state index in [1.807, 2.05) is 0 Å². The van der Waals surface area contributed by atoms with Crippen LogP contribution in [0.25, 0.3) is 0 Å². The molecule has 0 fully saturated rings. The van der Waals surface area contributed by atoms with Crippen LogP contribution in [0.3, 0.4) is 0 Å². The van der Waals surface area contributed by atoms with Gasteiger partial charge in [0.2, 0.25) is 11.8 Å². The number of amides is 3. The van der Waals surface area contributed by atoms with Crippen molar-refractivity contribution in [3.8, 4) is 0 Å². The molecule has 1 aromatic rings. The minimum absolute atomic E-state index is 0.0175. The van der Waals surface area contributed by atoms with Gasteiger partial charge in [-0.2, -0.15) is 0 Å². The van der Waals surface area contributed by atoms with Crippen molar-refractivity contribution in [2.24, 2.45) is 5.73 Å². The van der Waals surface area contributed by atoms with Gasteiger partial charge in [-0.05, 0) is 90.0 Å². The Morgan fingerprint density at radius 3 is 1.62 bits per heavy atom. The van der Waals surface area contributed by atoms with Crippen LogP contribution in [0.2, 0.25) is 0 Å². The molecule has 0 radical (unpaired) electrons. The van der Waals surface area contributed by atoms with Gasteiger partial charge in [0.25, 0.3) is 5.91 Å². The number of nitrogens with one attached hydrogen (secondary N) is 1. The van der Waals surface area contributed by atoms with Crippen LogP contribution in [0.5, 0.6) is 0 Å². The van der Waals surface area contributed by atoms with Crippen molar-refractivity contribution in [3.63, 3.8) is 0 Å². The smallest absolute Gasteiger partial charge is 0.252 e. The van der Waals surface area contributed by atoms with E-state index in [9.17, 15) is 55.2 Å². The molecule has 11 N–H and O–H groups in total. The number of carbonyl (C=O) groups excluding carboxylic acids is 3. The Bertz CT molecular complexity index is 1040. The molecule has 40 heavy (non-hydrogen) atoms. The summed E-state index contributed by atoms with van der Waals surface area (Å²) in [5.41, 5.74) is 5.40. The second-order valence-corrected chi connectivity index (χ2v) is 12.6. The zero-order chi connectivity index (χ0) is 30.9. The second kappa shape index (κ2) is 17.6. The summed E-state index contributed by atoms with van der Waals surface area (Å²) in [5, 5.41) is 84.1. The number of aliphatic hydroxyl groups excluding tert-OH is 8. The van der Waals surface area contributed by atoms with E-state index in [-0.39, 0.29) is 40.0 Å². The Morgan fingerprint density at radius 1 is 0.800 bits per heavy atom. The van der Waals surface area contributed by atoms with Gasteiger partial charge in [0.1, 0.15) is 18.9 Å². The van der Waals surface area contributed by atoms with Crippen LogP contribution in [0.4, 0.5) is 5.69 Å². The van der Waals surface area contributed by atoms with Crippen LogP contribution < -0.4 is 16.0 Å². The first-order valence-electron chi connectivity index (χ1n) is 11.8. The average Bonchev–Trinajstić information content (AvgIpc) is 2.86. The molecule has 6 unspecified atom stereocenters. The quantitative estimate of drug-likeness (QED) is 0.0625. The van der Waals surface area contributed by atoms with Crippen molar-refractivity contribution < 1.29 is 55.2 Å². The number of aliphatic hydroxyl groups is 8. The highest BCUT2D eigenvalue weighted by Gasteiger charge is 2.35. The first kappa shape index (κ1) is 37.5. The number of rotatable bonds is 16. The average molecular weight is 909 g/mol. The van der Waals surface area contributed by atoms with E-state index >= 15 is 0 Å². The maximum atomic E-state index is 13.0. The fraction of sp³-hybridized carbons (Fsp3) is 0.609. The minimum atomic E-state index is -1.53. The zero-order valence-electron chi connectivity index (χ0n) is 21.4. The number of nitrogens with zero attached hydrogens (tertiary/aromatic N) is 1. The molecular formula is C23H34I3N3O11. The Hall–Kier alpha value is -0.500. The summed E-state index contributed by atoms with van der Waals surface area (Å²) >= 11 is 4.62. The number of anilines is 1. The summed E-state index contributed by atoms with van der Waals surface area (Å²) in [6.45, 7) is -1.19. The van der Waals surface area contributed by atoms with Crippen molar-refractivity contribution in [3.05, 3.63) is 27.8 Å². The summed E-state index contributed by atoms with van der Waals surface area (Å²) in [6.07, 6.45) is -5.77. The summed E-state index contributed by atoms with van der Waals surface area (Å²) in [7, 11) is 0. The monoisotopic (exact) mass is 909 g/mol. The standard InChI is InChI=1S/C23H34I3N3O11/c1-9(32)28-7-13-10(4-14(33)20(24)37)18(23(27)40)12(6-16(35)22(26)39)19(11(13)5-15(34)21(25)38)29(2-3-30)17(36)8-31/h14-16,20-22,30-31,33-35,37-39H,2-8H2,1H3,(H2,27,40)(H,28,32). The van der Waals surface area contributed by atoms with Gasteiger partial charge in [-0.1, -0.05) is 0 Å². The maximum Gasteiger partial charge on any atom is 0.252 e. The van der Waals surface area contributed by atoms with Crippen LogP contribution in [-0.2, 0) is 35.4 Å². The number of benzene rings is 1. The van der Waals surface area contributed by atoms with Crippen LogP contribution in [0, 0.1) is 0 Å². The molecule has 1 rings (SSSR count). The molecule has 1 aromatic carbocycles. The van der Waals surface area contributed by atoms with E-state index in [2.05, 4.69) is 5.32 Å². The molecule has 0 aliphatic rings. The van der Waals surface area contributed by atoms with Crippen molar-refractivity contribution >= 4 is 91.2 Å². The molecule has 0 spiro atoms. The largest absolute Gasteiger partial charge is 0.395 e. The number of hydrogen-bond donors (Lipinski definition) is 10. The van der Waals surface area contributed by atoms with Crippen molar-refractivity contribution in [2.45, 2.75) is 63.4 Å². The van der Waals surface area contributed by atoms with E-state index < -0.39 is 87.4 Å². The summed E-state index contributed by atoms with van der Waals surface area (Å²) in [4.78, 5) is 38.8. The van der Waals surface area contributed by atoms with Gasteiger partial charge in [0.05, 0.1) is 30.6 Å². The number of alkyl halides is 3. The van der Waals surface area contributed by atoms with Gasteiger partial charge >= 0.3 is 0 Å². The molecular weight excluding hydrogens is 875 g/mol. The van der Waals surface area contributed by atoms with E-state index in [1.54, 1.807) is 45.2 Å². The minimum Gasteiger partial charge on any atom is -0.395 e. The lowest BCUT2D eigenvalue weighted by molar-refractivity contribution is -0.121. The Balaban J connectivity index is 4.49. The van der Waals surface area contributed by atoms with Gasteiger partial charge in [0.15, 0.2) is 0 Å². The van der Waals surface area contributed by atoms with Crippen LogP contribution in [0.15, 0.2) is 0 Å². The lowest BCUT2D eigenvalue weighted by Crippen LogP contribution is -2.40. The Labute approximate surface area is 271 Å². The molecule has 14 nitrogen and oxygen atoms in total. The normalized spacial score (nSPS) is 16.0. The Morgan fingerprint density at radius 2 is 1.25 bits per heavy atom. The molecule has 228 valence electrons. The summed E-state index contributed by atoms with van der Waals surface area (Å²) in [6, 6.07) is 0. The third-order valence-electron chi connectivity index (χ3n) is 5.89. The first-order chi connectivity index (χ1) is 18.6. The molecule has 0 aromatic heterocycles. The van der Waals surface area contributed by atoms with Crippen molar-refractivity contribution in [1.82, 2.24) is 5.32 Å². The highest BCUT2D eigenvalue weighted by molar-refractivity contribution is 14.1. The molecule has 17 heteroatoms. The molecule has 3 amide bonds. The van der Waals surface area contributed by atoms with Gasteiger partial charge < -0.3 is 56.8 Å². The van der Waals surface area contributed by atoms with E-state index in [4.69, 9.17) is 5.73 Å². The maximum absolute atomic E-state index is 13.0. The van der Waals surface area contributed by atoms with Gasteiger partial charge in [0, 0.05) is 44.8 Å². The topological polar surface area (TPSA) is 254 Å². The molecule has 0 aliphatic heterocycles. The third kappa shape index (κ3) is 10.3. The van der Waals surface area contributed by atoms with E-state index in [0.717, 1.165) is 4.90 Å². The number of nitrogens with two attached hydrogens (primary N) is 1. The van der Waals surface area contributed by atoms with E-state index in [0.29, 0.717) is 0 Å². The summed E-state index contributed by atoms with van der Waals surface area (Å²) in [5.74, 6) is -2.53.